The predicted molar refractivity (Wildman–Crippen MR) is 122 cm³/mol. The smallest absolute Gasteiger partial charge is 0.487 e. The van der Waals surface area contributed by atoms with Crippen molar-refractivity contribution < 1.29 is 45.4 Å². The zero-order chi connectivity index (χ0) is 28.7. The monoisotopic (exact) mass is 560 g/mol. The van der Waals surface area contributed by atoms with Crippen LogP contribution in [-0.2, 0) is 4.79 Å². The van der Waals surface area contributed by atoms with Gasteiger partial charge in [0.1, 0.15) is 29.2 Å². The van der Waals surface area contributed by atoms with E-state index in [1.165, 1.54) is 18.3 Å². The van der Waals surface area contributed by atoms with Crippen LogP contribution in [0.4, 0.5) is 42.4 Å². The number of nitrogens with zero attached hydrogens (tertiary/aromatic N) is 5. The number of carboxylic acid groups (broad SMARTS) is 1. The Morgan fingerprint density at radius 2 is 1.85 bits per heavy atom. The van der Waals surface area contributed by atoms with Crippen LogP contribution in [0.5, 0.6) is 5.75 Å². The first kappa shape index (κ1) is 29.1. The van der Waals surface area contributed by atoms with Crippen molar-refractivity contribution in [2.45, 2.75) is 31.5 Å². The van der Waals surface area contributed by atoms with Gasteiger partial charge in [-0.3, -0.25) is 0 Å². The minimum absolute atomic E-state index is 0.0194. The molecule has 4 rings (SSSR count). The number of hydrogen-bond donors (Lipinski definition) is 2. The van der Waals surface area contributed by atoms with Crippen LogP contribution in [0.3, 0.4) is 0 Å². The van der Waals surface area contributed by atoms with Crippen LogP contribution in [0, 0.1) is 23.0 Å². The number of pyridine rings is 1. The Morgan fingerprint density at radius 3 is 2.41 bits per heavy atom. The molecule has 3 aromatic rings. The third-order valence-electron chi connectivity index (χ3n) is 5.24. The average Bonchev–Trinajstić information content (AvgIpc) is 2.88. The lowest BCUT2D eigenvalue weighted by molar-refractivity contribution is -0.192. The summed E-state index contributed by atoms with van der Waals surface area (Å²) < 4.78 is 89.9. The molecule has 0 aliphatic carbocycles. The Balaban J connectivity index is 0.000000532. The highest BCUT2D eigenvalue weighted by Gasteiger charge is 2.38. The number of nitrogens with one attached hydrogen (secondary N) is 1. The molecule has 1 saturated heterocycles. The average molecular weight is 560 g/mol. The number of aromatic nitrogens is 3. The van der Waals surface area contributed by atoms with Crippen molar-refractivity contribution in [3.63, 3.8) is 0 Å². The van der Waals surface area contributed by atoms with Gasteiger partial charge in [0.2, 0.25) is 0 Å². The molecule has 0 atom stereocenters. The molecule has 0 bridgehead atoms. The van der Waals surface area contributed by atoms with Gasteiger partial charge in [0.05, 0.1) is 18.3 Å². The second-order valence-corrected chi connectivity index (χ2v) is 8.02. The minimum Gasteiger partial charge on any atom is -0.487 e. The van der Waals surface area contributed by atoms with E-state index in [2.05, 4.69) is 20.3 Å². The van der Waals surface area contributed by atoms with E-state index in [0.29, 0.717) is 42.8 Å². The van der Waals surface area contributed by atoms with E-state index < -0.39 is 36.8 Å². The lowest BCUT2D eigenvalue weighted by atomic mass is 10.1. The standard InChI is InChI=1S/C21H18F4N6O.C2HF3O2/c22-12-1-2-18(15(23)7-12)32-14-3-5-31(6-4-14)21-20(28-11-19(24)25)29-16-8-13(9-26)27-10-17(16)30-21;3-2(4,5)1(6)7/h1-2,7-8,10,14,19H,3-6,11H2,(H,28,29);(H,6,7). The predicted octanol–water partition coefficient (Wildman–Crippen LogP) is 4.53. The number of hydrogen-bond acceptors (Lipinski definition) is 8. The van der Waals surface area contributed by atoms with Gasteiger partial charge < -0.3 is 20.1 Å². The van der Waals surface area contributed by atoms with E-state index >= 15 is 0 Å². The number of anilines is 2. The number of nitriles is 1. The van der Waals surface area contributed by atoms with Crippen LogP contribution in [0.25, 0.3) is 11.0 Å². The highest BCUT2D eigenvalue weighted by molar-refractivity contribution is 5.80. The summed E-state index contributed by atoms with van der Waals surface area (Å²) in [7, 11) is 0. The number of piperidine rings is 1. The number of benzene rings is 1. The van der Waals surface area contributed by atoms with E-state index in [4.69, 9.17) is 19.9 Å². The molecule has 1 fully saturated rings. The summed E-state index contributed by atoms with van der Waals surface area (Å²) in [5, 5.41) is 18.8. The Bertz CT molecular complexity index is 1360. The van der Waals surface area contributed by atoms with Gasteiger partial charge in [-0.1, -0.05) is 0 Å². The maximum absolute atomic E-state index is 13.9. The summed E-state index contributed by atoms with van der Waals surface area (Å²) in [6.45, 7) is 0.314. The molecule has 1 aliphatic rings. The zero-order valence-corrected chi connectivity index (χ0v) is 19.7. The fourth-order valence-corrected chi connectivity index (χ4v) is 3.46. The molecule has 2 aromatic heterocycles. The number of alkyl halides is 5. The van der Waals surface area contributed by atoms with Gasteiger partial charge in [-0.25, -0.2) is 37.3 Å². The van der Waals surface area contributed by atoms with Crippen molar-refractivity contribution in [3.05, 3.63) is 47.8 Å². The van der Waals surface area contributed by atoms with Crippen molar-refractivity contribution in [2.75, 3.05) is 29.9 Å². The molecular weight excluding hydrogens is 541 g/mol. The maximum atomic E-state index is 13.9. The zero-order valence-electron chi connectivity index (χ0n) is 19.7. The number of ether oxygens (including phenoxy) is 1. The fourth-order valence-electron chi connectivity index (χ4n) is 3.46. The van der Waals surface area contributed by atoms with E-state index in [1.807, 2.05) is 11.0 Å². The quantitative estimate of drug-likeness (QED) is 0.419. The Kier molecular flexibility index (Phi) is 9.28. The fraction of sp³-hybridized carbons (Fsp3) is 0.348. The molecule has 2 N–H and O–H groups in total. The molecule has 208 valence electrons. The highest BCUT2D eigenvalue weighted by Crippen LogP contribution is 2.29. The number of carboxylic acids is 1. The first-order valence-electron chi connectivity index (χ1n) is 11.1. The van der Waals surface area contributed by atoms with Gasteiger partial charge in [0, 0.05) is 38.1 Å². The van der Waals surface area contributed by atoms with Crippen molar-refractivity contribution >= 4 is 28.6 Å². The van der Waals surface area contributed by atoms with Crippen LogP contribution in [0.1, 0.15) is 18.5 Å². The molecule has 9 nitrogen and oxygen atoms in total. The summed E-state index contributed by atoms with van der Waals surface area (Å²) in [4.78, 5) is 23.7. The topological polar surface area (TPSA) is 124 Å². The normalized spacial score (nSPS) is 14.0. The summed E-state index contributed by atoms with van der Waals surface area (Å²) in [5.41, 5.74) is 0.931. The van der Waals surface area contributed by atoms with E-state index in [1.54, 1.807) is 0 Å². The van der Waals surface area contributed by atoms with E-state index in [9.17, 15) is 30.7 Å². The van der Waals surface area contributed by atoms with Crippen LogP contribution in [0.15, 0.2) is 30.5 Å². The Hall–Kier alpha value is -4.42. The SMILES string of the molecule is N#Cc1cc2nc(NCC(F)F)c(N3CCC(Oc4ccc(F)cc4F)CC3)nc2cn1.O=C(O)C(F)(F)F. The second kappa shape index (κ2) is 12.4. The molecule has 39 heavy (non-hydrogen) atoms. The lowest BCUT2D eigenvalue weighted by Gasteiger charge is -2.33. The third kappa shape index (κ3) is 8.03. The molecule has 3 heterocycles. The number of aliphatic carboxylic acids is 1. The largest absolute Gasteiger partial charge is 0.490 e. The first-order chi connectivity index (χ1) is 18.4. The van der Waals surface area contributed by atoms with E-state index in [-0.39, 0.29) is 23.4 Å². The molecule has 1 aliphatic heterocycles. The van der Waals surface area contributed by atoms with Gasteiger partial charge in [-0.2, -0.15) is 18.4 Å². The molecule has 16 heteroatoms. The first-order valence-corrected chi connectivity index (χ1v) is 11.1. The van der Waals surface area contributed by atoms with Crippen LogP contribution in [0.2, 0.25) is 0 Å². The van der Waals surface area contributed by atoms with Crippen LogP contribution in [-0.4, -0.2) is 64.4 Å². The summed E-state index contributed by atoms with van der Waals surface area (Å²) in [6.07, 6.45) is -5.53. The molecule has 0 radical (unpaired) electrons. The Labute approximate surface area is 215 Å². The molecule has 0 unspecified atom stereocenters. The number of fused-ring (bicyclic) bond motifs is 1. The van der Waals surface area contributed by atoms with Gasteiger partial charge >= 0.3 is 12.1 Å². The van der Waals surface area contributed by atoms with Crippen molar-refractivity contribution in [2.24, 2.45) is 0 Å². The van der Waals surface area contributed by atoms with Crippen LogP contribution < -0.4 is 15.0 Å². The number of rotatable bonds is 6. The maximum Gasteiger partial charge on any atom is 0.490 e. The van der Waals surface area contributed by atoms with Gasteiger partial charge in [0.25, 0.3) is 6.43 Å². The van der Waals surface area contributed by atoms with Gasteiger partial charge in [-0.15, -0.1) is 0 Å². The molecule has 0 spiro atoms. The van der Waals surface area contributed by atoms with Gasteiger partial charge in [-0.05, 0) is 12.1 Å². The second-order valence-electron chi connectivity index (χ2n) is 8.02. The van der Waals surface area contributed by atoms with Crippen molar-refractivity contribution in [1.82, 2.24) is 15.0 Å². The lowest BCUT2D eigenvalue weighted by Crippen LogP contribution is -2.39. The molecular formula is C23H19F7N6O3. The molecule has 1 aromatic carbocycles. The summed E-state index contributed by atoms with van der Waals surface area (Å²) >= 11 is 0. The van der Waals surface area contributed by atoms with Crippen molar-refractivity contribution in [3.8, 4) is 11.8 Å². The third-order valence-corrected chi connectivity index (χ3v) is 5.24. The molecule has 0 amide bonds. The summed E-state index contributed by atoms with van der Waals surface area (Å²) in [5.74, 6) is -3.66. The number of carbonyl (C=O) groups is 1. The minimum atomic E-state index is -5.08. The molecule has 0 saturated carbocycles. The van der Waals surface area contributed by atoms with Crippen molar-refractivity contribution in [1.29, 1.82) is 5.26 Å². The van der Waals surface area contributed by atoms with Crippen LogP contribution >= 0.6 is 0 Å². The Morgan fingerprint density at radius 1 is 1.18 bits per heavy atom. The van der Waals surface area contributed by atoms with E-state index in [0.717, 1.165) is 12.1 Å². The summed E-state index contributed by atoms with van der Waals surface area (Å²) in [6, 6.07) is 6.50. The number of halogens is 7. The highest BCUT2D eigenvalue weighted by atomic mass is 19.4. The van der Waals surface area contributed by atoms with Gasteiger partial charge in [0.15, 0.2) is 23.2 Å².